The molecule has 0 saturated carbocycles. The van der Waals surface area contributed by atoms with Crippen LogP contribution in [0.5, 0.6) is 0 Å². The lowest BCUT2D eigenvalue weighted by Crippen LogP contribution is -2.34. The van der Waals surface area contributed by atoms with Crippen LogP contribution >= 0.6 is 0 Å². The van der Waals surface area contributed by atoms with Crippen molar-refractivity contribution in [3.05, 3.63) is 11.6 Å². The van der Waals surface area contributed by atoms with Gasteiger partial charge >= 0.3 is 0 Å². The molecule has 1 aliphatic carbocycles. The quantitative estimate of drug-likeness (QED) is 0.575. The summed E-state index contributed by atoms with van der Waals surface area (Å²) in [6.45, 7) is 6.70. The van der Waals surface area contributed by atoms with Crippen molar-refractivity contribution >= 4 is 0 Å². The smallest absolute Gasteiger partial charge is 0.0257 e. The molecule has 1 unspecified atom stereocenters. The zero-order valence-electron chi connectivity index (χ0n) is 7.80. The highest BCUT2D eigenvalue weighted by Gasteiger charge is 2.22. The van der Waals surface area contributed by atoms with Gasteiger partial charge in [0.05, 0.1) is 0 Å². The van der Waals surface area contributed by atoms with Crippen molar-refractivity contribution < 1.29 is 0 Å². The van der Waals surface area contributed by atoms with Crippen LogP contribution in [0.1, 0.15) is 33.6 Å². The van der Waals surface area contributed by atoms with Crippen LogP contribution in [0.15, 0.2) is 11.6 Å². The second-order valence-electron chi connectivity index (χ2n) is 4.04. The van der Waals surface area contributed by atoms with Crippen molar-refractivity contribution in [1.82, 2.24) is 0 Å². The molecule has 0 radical (unpaired) electrons. The van der Waals surface area contributed by atoms with E-state index in [1.165, 1.54) is 18.4 Å². The summed E-state index contributed by atoms with van der Waals surface area (Å²) in [6, 6.07) is 0.309. The van der Waals surface area contributed by atoms with Gasteiger partial charge < -0.3 is 5.73 Å². The van der Waals surface area contributed by atoms with Crippen molar-refractivity contribution in [1.29, 1.82) is 0 Å². The Labute approximate surface area is 69.7 Å². The van der Waals surface area contributed by atoms with Crippen LogP contribution in [0.25, 0.3) is 0 Å². The van der Waals surface area contributed by atoms with Crippen molar-refractivity contribution in [2.75, 3.05) is 0 Å². The van der Waals surface area contributed by atoms with Crippen LogP contribution in [0.4, 0.5) is 0 Å². The molecule has 1 aliphatic rings. The molecule has 0 aliphatic heterocycles. The van der Waals surface area contributed by atoms with Gasteiger partial charge in [-0.3, -0.25) is 0 Å². The van der Waals surface area contributed by atoms with Crippen LogP contribution in [0, 0.1) is 11.8 Å². The highest BCUT2D eigenvalue weighted by atomic mass is 14.6. The van der Waals surface area contributed by atoms with E-state index < -0.39 is 0 Å². The molecule has 0 aromatic rings. The molecular formula is C10H19N. The minimum absolute atomic E-state index is 0.309. The first-order valence-corrected chi connectivity index (χ1v) is 4.54. The van der Waals surface area contributed by atoms with E-state index in [-0.39, 0.29) is 0 Å². The Morgan fingerprint density at radius 1 is 1.55 bits per heavy atom. The number of nitrogens with two attached hydrogens (primary N) is 1. The second-order valence-corrected chi connectivity index (χ2v) is 4.04. The maximum atomic E-state index is 5.99. The summed E-state index contributed by atoms with van der Waals surface area (Å²) < 4.78 is 0. The van der Waals surface area contributed by atoms with Crippen molar-refractivity contribution in [3.63, 3.8) is 0 Å². The van der Waals surface area contributed by atoms with E-state index in [0.717, 1.165) is 5.92 Å². The maximum Gasteiger partial charge on any atom is 0.0257 e. The molecule has 0 spiro atoms. The van der Waals surface area contributed by atoms with Crippen LogP contribution < -0.4 is 5.73 Å². The van der Waals surface area contributed by atoms with Crippen LogP contribution in [0.3, 0.4) is 0 Å². The Morgan fingerprint density at radius 3 is 2.64 bits per heavy atom. The first kappa shape index (κ1) is 8.79. The number of hydrogen-bond acceptors (Lipinski definition) is 1. The molecule has 1 heteroatoms. The predicted octanol–water partition coefficient (Wildman–Crippen LogP) is 2.33. The summed E-state index contributed by atoms with van der Waals surface area (Å²) in [5.74, 6) is 1.44. The van der Waals surface area contributed by atoms with Gasteiger partial charge in [-0.25, -0.2) is 0 Å². The second kappa shape index (κ2) is 3.40. The number of allylic oxidation sites excluding steroid dienone is 1. The fraction of sp³-hybridized carbons (Fsp3) is 0.800. The van der Waals surface area contributed by atoms with Crippen LogP contribution in [-0.2, 0) is 0 Å². The minimum atomic E-state index is 0.309. The van der Waals surface area contributed by atoms with Gasteiger partial charge in [0.25, 0.3) is 0 Å². The summed E-state index contributed by atoms with van der Waals surface area (Å²) in [5.41, 5.74) is 7.46. The normalized spacial score (nSPS) is 32.3. The summed E-state index contributed by atoms with van der Waals surface area (Å²) in [7, 11) is 0. The maximum absolute atomic E-state index is 5.99. The van der Waals surface area contributed by atoms with Gasteiger partial charge in [0, 0.05) is 6.04 Å². The first-order valence-electron chi connectivity index (χ1n) is 4.54. The van der Waals surface area contributed by atoms with Crippen LogP contribution in [0.2, 0.25) is 0 Å². The molecule has 0 bridgehead atoms. The predicted molar refractivity (Wildman–Crippen MR) is 49.3 cm³/mol. The zero-order chi connectivity index (χ0) is 8.43. The summed E-state index contributed by atoms with van der Waals surface area (Å²) in [4.78, 5) is 0. The van der Waals surface area contributed by atoms with Gasteiger partial charge in [0.1, 0.15) is 0 Å². The average molecular weight is 153 g/mol. The first-order chi connectivity index (χ1) is 5.11. The Hall–Kier alpha value is -0.300. The van der Waals surface area contributed by atoms with Gasteiger partial charge in [-0.05, 0) is 31.6 Å². The minimum Gasteiger partial charge on any atom is -0.324 e. The molecule has 0 heterocycles. The standard InChI is InChI=1S/C10H19N/c1-7(2)9-5-4-8(3)6-10(9)11/h6-7,9-10H,4-5,11H2,1-3H3/t9-,10?/m1/s1. The lowest BCUT2D eigenvalue weighted by Gasteiger charge is -2.29. The third-order valence-corrected chi connectivity index (χ3v) is 2.70. The molecule has 11 heavy (non-hydrogen) atoms. The van der Waals surface area contributed by atoms with E-state index in [1.807, 2.05) is 0 Å². The Balaban J connectivity index is 2.60. The van der Waals surface area contributed by atoms with E-state index in [0.29, 0.717) is 12.0 Å². The van der Waals surface area contributed by atoms with E-state index in [1.54, 1.807) is 0 Å². The number of rotatable bonds is 1. The molecule has 2 atom stereocenters. The largest absolute Gasteiger partial charge is 0.324 e. The molecular weight excluding hydrogens is 134 g/mol. The average Bonchev–Trinajstić information content (AvgIpc) is 1.85. The molecule has 0 saturated heterocycles. The van der Waals surface area contributed by atoms with Crippen LogP contribution in [-0.4, -0.2) is 6.04 Å². The van der Waals surface area contributed by atoms with Gasteiger partial charge in [0.15, 0.2) is 0 Å². The highest BCUT2D eigenvalue weighted by molar-refractivity contribution is 5.09. The van der Waals surface area contributed by atoms with Gasteiger partial charge in [0.2, 0.25) is 0 Å². The van der Waals surface area contributed by atoms with Crippen molar-refractivity contribution in [2.24, 2.45) is 17.6 Å². The van der Waals surface area contributed by atoms with E-state index in [2.05, 4.69) is 26.8 Å². The summed E-state index contributed by atoms with van der Waals surface area (Å²) >= 11 is 0. The molecule has 0 aromatic carbocycles. The lowest BCUT2D eigenvalue weighted by molar-refractivity contribution is 0.316. The molecule has 2 N–H and O–H groups in total. The summed E-state index contributed by atoms with van der Waals surface area (Å²) in [5, 5.41) is 0. The SMILES string of the molecule is CC1=CC(N)[C@@H](C(C)C)CC1. The van der Waals surface area contributed by atoms with Crippen molar-refractivity contribution in [2.45, 2.75) is 39.7 Å². The molecule has 64 valence electrons. The fourth-order valence-electron chi connectivity index (χ4n) is 1.90. The molecule has 0 fully saturated rings. The van der Waals surface area contributed by atoms with Crippen molar-refractivity contribution in [3.8, 4) is 0 Å². The topological polar surface area (TPSA) is 26.0 Å². The Kier molecular flexibility index (Phi) is 2.72. The fourth-order valence-corrected chi connectivity index (χ4v) is 1.90. The molecule has 1 nitrogen and oxygen atoms in total. The molecule has 0 amide bonds. The van der Waals surface area contributed by atoms with Gasteiger partial charge in [-0.2, -0.15) is 0 Å². The Bertz CT molecular complexity index is 158. The van der Waals surface area contributed by atoms with E-state index in [9.17, 15) is 0 Å². The summed E-state index contributed by atoms with van der Waals surface area (Å²) in [6.07, 6.45) is 4.76. The van der Waals surface area contributed by atoms with E-state index in [4.69, 9.17) is 5.73 Å². The van der Waals surface area contributed by atoms with Gasteiger partial charge in [-0.15, -0.1) is 0 Å². The Morgan fingerprint density at radius 2 is 2.18 bits per heavy atom. The van der Waals surface area contributed by atoms with E-state index >= 15 is 0 Å². The molecule has 0 aromatic heterocycles. The zero-order valence-corrected chi connectivity index (χ0v) is 7.80. The molecule has 1 rings (SSSR count). The monoisotopic (exact) mass is 153 g/mol. The van der Waals surface area contributed by atoms with Gasteiger partial charge in [-0.1, -0.05) is 25.5 Å². The number of hydrogen-bond donors (Lipinski definition) is 1. The lowest BCUT2D eigenvalue weighted by atomic mass is 9.79. The third kappa shape index (κ3) is 2.06. The highest BCUT2D eigenvalue weighted by Crippen LogP contribution is 2.27. The third-order valence-electron chi connectivity index (χ3n) is 2.70.